The summed E-state index contributed by atoms with van der Waals surface area (Å²) in [5, 5.41) is 19.9. The lowest BCUT2D eigenvalue weighted by Gasteiger charge is -2.07. The van der Waals surface area contributed by atoms with Crippen molar-refractivity contribution < 1.29 is 19.6 Å². The lowest BCUT2D eigenvalue weighted by Crippen LogP contribution is -2.01. The molecule has 0 aliphatic heterocycles. The Hall–Kier alpha value is -2.12. The van der Waals surface area contributed by atoms with Gasteiger partial charge in [-0.3, -0.25) is 10.1 Å². The van der Waals surface area contributed by atoms with E-state index in [1.807, 2.05) is 0 Å². The molecule has 1 aromatic heterocycles. The van der Waals surface area contributed by atoms with Gasteiger partial charge in [-0.1, -0.05) is 11.6 Å². The molecule has 0 spiro atoms. The highest BCUT2D eigenvalue weighted by molar-refractivity contribution is 7.14. The zero-order chi connectivity index (χ0) is 15.6. The molecule has 110 valence electrons. The number of hydrogen-bond donors (Lipinski definition) is 1. The van der Waals surface area contributed by atoms with Crippen LogP contribution in [0.15, 0.2) is 24.3 Å². The highest BCUT2D eigenvalue weighted by Gasteiger charge is 2.16. The number of carboxylic acid groups (broad SMARTS) is 1. The largest absolute Gasteiger partial charge is 0.487 e. The molecule has 21 heavy (non-hydrogen) atoms. The first-order valence-corrected chi connectivity index (χ1v) is 6.97. The maximum Gasteiger partial charge on any atom is 0.349 e. The summed E-state index contributed by atoms with van der Waals surface area (Å²) in [6.07, 6.45) is 0. The van der Waals surface area contributed by atoms with E-state index in [0.29, 0.717) is 5.56 Å². The molecule has 6 nitrogen and oxygen atoms in total. The second-order valence-electron chi connectivity index (χ2n) is 4.18. The number of non-ortho nitro benzene ring substituents is 1. The predicted molar refractivity (Wildman–Crippen MR) is 78.5 cm³/mol. The van der Waals surface area contributed by atoms with Crippen molar-refractivity contribution in [1.82, 2.24) is 0 Å². The number of nitro benzene ring substituents is 1. The van der Waals surface area contributed by atoms with Gasteiger partial charge in [-0.2, -0.15) is 0 Å². The van der Waals surface area contributed by atoms with E-state index in [1.54, 1.807) is 13.0 Å². The normalized spacial score (nSPS) is 10.4. The monoisotopic (exact) mass is 327 g/mol. The number of halogens is 1. The first-order valence-electron chi connectivity index (χ1n) is 5.78. The Balaban J connectivity index is 2.17. The molecule has 0 saturated heterocycles. The average Bonchev–Trinajstić information content (AvgIpc) is 2.78. The maximum atomic E-state index is 11.1. The molecule has 1 N–H and O–H groups in total. The van der Waals surface area contributed by atoms with Gasteiger partial charge in [-0.05, 0) is 19.1 Å². The molecule has 2 rings (SSSR count). The van der Waals surface area contributed by atoms with Gasteiger partial charge in [0.05, 0.1) is 9.95 Å². The van der Waals surface area contributed by atoms with Gasteiger partial charge in [0.2, 0.25) is 0 Å². The number of aryl methyl sites for hydroxylation is 1. The molecular formula is C13H10ClNO5S. The summed E-state index contributed by atoms with van der Waals surface area (Å²) in [7, 11) is 0. The van der Waals surface area contributed by atoms with E-state index in [0.717, 1.165) is 16.2 Å². The van der Waals surface area contributed by atoms with Crippen LogP contribution in [0.3, 0.4) is 0 Å². The topological polar surface area (TPSA) is 89.7 Å². The lowest BCUT2D eigenvalue weighted by atomic mass is 10.2. The second-order valence-corrected chi connectivity index (χ2v) is 5.84. The van der Waals surface area contributed by atoms with E-state index < -0.39 is 10.9 Å². The van der Waals surface area contributed by atoms with Gasteiger partial charge in [-0.25, -0.2) is 4.79 Å². The lowest BCUT2D eigenvalue weighted by molar-refractivity contribution is -0.384. The Morgan fingerprint density at radius 3 is 2.76 bits per heavy atom. The fourth-order valence-electron chi connectivity index (χ4n) is 1.67. The minimum absolute atomic E-state index is 0.0350. The van der Waals surface area contributed by atoms with Crippen molar-refractivity contribution in [3.63, 3.8) is 0 Å². The Morgan fingerprint density at radius 1 is 1.48 bits per heavy atom. The zero-order valence-corrected chi connectivity index (χ0v) is 12.4. The SMILES string of the molecule is Cc1cc(OCc2ccc([N+](=O)[O-])cc2Cl)c(C(=O)O)s1. The van der Waals surface area contributed by atoms with E-state index in [9.17, 15) is 14.9 Å². The second kappa shape index (κ2) is 6.11. The third kappa shape index (κ3) is 3.50. The maximum absolute atomic E-state index is 11.1. The van der Waals surface area contributed by atoms with Crippen LogP contribution in [0.2, 0.25) is 5.02 Å². The van der Waals surface area contributed by atoms with Gasteiger partial charge < -0.3 is 9.84 Å². The number of benzene rings is 1. The van der Waals surface area contributed by atoms with Crippen LogP contribution in [0.4, 0.5) is 5.69 Å². The van der Waals surface area contributed by atoms with Gasteiger partial charge >= 0.3 is 5.97 Å². The van der Waals surface area contributed by atoms with Crippen LogP contribution < -0.4 is 4.74 Å². The summed E-state index contributed by atoms with van der Waals surface area (Å²) >= 11 is 7.07. The van der Waals surface area contributed by atoms with Crippen molar-refractivity contribution in [2.75, 3.05) is 0 Å². The van der Waals surface area contributed by atoms with E-state index >= 15 is 0 Å². The molecule has 0 aliphatic rings. The molecule has 8 heteroatoms. The molecule has 0 saturated carbocycles. The minimum Gasteiger partial charge on any atom is -0.487 e. The third-order valence-corrected chi connectivity index (χ3v) is 4.02. The molecule has 0 unspecified atom stereocenters. The van der Waals surface area contributed by atoms with Crippen LogP contribution >= 0.6 is 22.9 Å². The van der Waals surface area contributed by atoms with Gasteiger partial charge in [-0.15, -0.1) is 11.3 Å². The first kappa shape index (κ1) is 15.3. The van der Waals surface area contributed by atoms with Crippen molar-refractivity contribution in [3.05, 3.63) is 54.7 Å². The number of nitro groups is 1. The Kier molecular flexibility index (Phi) is 4.44. The van der Waals surface area contributed by atoms with Crippen molar-refractivity contribution in [2.45, 2.75) is 13.5 Å². The van der Waals surface area contributed by atoms with Crippen molar-refractivity contribution in [3.8, 4) is 5.75 Å². The van der Waals surface area contributed by atoms with Gasteiger partial charge in [0.25, 0.3) is 5.69 Å². The Morgan fingerprint density at radius 2 is 2.19 bits per heavy atom. The molecule has 0 fully saturated rings. The van der Waals surface area contributed by atoms with E-state index in [1.165, 1.54) is 18.2 Å². The van der Waals surface area contributed by atoms with E-state index in [4.69, 9.17) is 21.4 Å². The van der Waals surface area contributed by atoms with Crippen LogP contribution in [0.25, 0.3) is 0 Å². The average molecular weight is 328 g/mol. The van der Waals surface area contributed by atoms with Crippen LogP contribution in [0.5, 0.6) is 5.75 Å². The summed E-state index contributed by atoms with van der Waals surface area (Å²) in [6, 6.07) is 5.67. The highest BCUT2D eigenvalue weighted by atomic mass is 35.5. The number of nitrogens with zero attached hydrogens (tertiary/aromatic N) is 1. The number of rotatable bonds is 5. The van der Waals surface area contributed by atoms with Gasteiger partial charge in [0.15, 0.2) is 4.88 Å². The Bertz CT molecular complexity index is 713. The van der Waals surface area contributed by atoms with Gasteiger partial charge in [0, 0.05) is 22.6 Å². The smallest absolute Gasteiger partial charge is 0.349 e. The summed E-state index contributed by atoms with van der Waals surface area (Å²) in [6.45, 7) is 1.82. The quantitative estimate of drug-likeness (QED) is 0.664. The number of carbonyl (C=O) groups is 1. The first-order chi connectivity index (χ1) is 9.88. The van der Waals surface area contributed by atoms with E-state index in [-0.39, 0.29) is 27.9 Å². The van der Waals surface area contributed by atoms with Crippen molar-refractivity contribution in [1.29, 1.82) is 0 Å². The van der Waals surface area contributed by atoms with Gasteiger partial charge in [0.1, 0.15) is 12.4 Å². The van der Waals surface area contributed by atoms with Crippen molar-refractivity contribution >= 4 is 34.6 Å². The number of hydrogen-bond acceptors (Lipinski definition) is 5. The highest BCUT2D eigenvalue weighted by Crippen LogP contribution is 2.30. The molecule has 1 aromatic carbocycles. The Labute approximate surface area is 128 Å². The molecule has 0 atom stereocenters. The van der Waals surface area contributed by atoms with Crippen LogP contribution in [0.1, 0.15) is 20.1 Å². The fraction of sp³-hybridized carbons (Fsp3) is 0.154. The molecule has 0 aliphatic carbocycles. The van der Waals surface area contributed by atoms with Crippen molar-refractivity contribution in [2.24, 2.45) is 0 Å². The van der Waals surface area contributed by atoms with Crippen LogP contribution in [-0.2, 0) is 6.61 Å². The predicted octanol–water partition coefficient (Wildman–Crippen LogP) is 3.90. The number of carboxylic acids is 1. The molecule has 2 aromatic rings. The van der Waals surface area contributed by atoms with Crippen LogP contribution in [-0.4, -0.2) is 16.0 Å². The molecule has 0 bridgehead atoms. The fourth-order valence-corrected chi connectivity index (χ4v) is 2.69. The van der Waals surface area contributed by atoms with Crippen LogP contribution in [0, 0.1) is 17.0 Å². The van der Waals surface area contributed by atoms with E-state index in [2.05, 4.69) is 0 Å². The summed E-state index contributed by atoms with van der Waals surface area (Å²) < 4.78 is 5.46. The summed E-state index contributed by atoms with van der Waals surface area (Å²) in [4.78, 5) is 22.1. The third-order valence-electron chi connectivity index (χ3n) is 2.65. The number of ether oxygens (including phenoxy) is 1. The molecule has 0 amide bonds. The number of thiophene rings is 1. The summed E-state index contributed by atoms with van der Waals surface area (Å²) in [5.41, 5.74) is 0.434. The standard InChI is InChI=1S/C13H10ClNO5S/c1-7-4-11(12(21-7)13(16)17)20-6-8-2-3-9(15(18)19)5-10(8)14/h2-5H,6H2,1H3,(H,16,17). The molecule has 0 radical (unpaired) electrons. The minimum atomic E-state index is -1.06. The number of aromatic carboxylic acids is 1. The molecular weight excluding hydrogens is 318 g/mol. The zero-order valence-electron chi connectivity index (χ0n) is 10.8. The molecule has 1 heterocycles. The summed E-state index contributed by atoms with van der Waals surface area (Å²) in [5.74, 6) is -0.794.